The maximum atomic E-state index is 12.9. The number of likely N-dealkylation sites (tertiary alicyclic amines) is 1. The second-order valence-electron chi connectivity index (χ2n) is 6.74. The summed E-state index contributed by atoms with van der Waals surface area (Å²) in [6.45, 7) is 6.10. The number of aliphatic hydroxyl groups is 1. The minimum absolute atomic E-state index is 0.00162. The highest BCUT2D eigenvalue weighted by molar-refractivity contribution is 5.88. The number of carboxylic acids is 1. The zero-order chi connectivity index (χ0) is 18.0. The fourth-order valence-corrected chi connectivity index (χ4v) is 3.88. The molecule has 0 saturated carbocycles. The van der Waals surface area contributed by atoms with E-state index in [1.165, 1.54) is 0 Å². The van der Waals surface area contributed by atoms with E-state index in [9.17, 15) is 14.7 Å². The van der Waals surface area contributed by atoms with Gasteiger partial charge in [-0.1, -0.05) is 6.92 Å². The summed E-state index contributed by atoms with van der Waals surface area (Å²) in [6.07, 6.45) is 2.31. The van der Waals surface area contributed by atoms with Gasteiger partial charge >= 0.3 is 5.97 Å². The number of aromatic nitrogens is 2. The van der Waals surface area contributed by atoms with Gasteiger partial charge in [0.15, 0.2) is 5.69 Å². The number of carbonyl (C=O) groups excluding carboxylic acids is 1. The van der Waals surface area contributed by atoms with Crippen LogP contribution in [0.2, 0.25) is 0 Å². The van der Waals surface area contributed by atoms with E-state index >= 15 is 0 Å². The first-order valence-electron chi connectivity index (χ1n) is 8.99. The lowest BCUT2D eigenvalue weighted by Gasteiger charge is -2.35. The molecule has 2 aliphatic heterocycles. The highest BCUT2D eigenvalue weighted by atomic mass is 16.4. The molecular formula is C17H26N4O4. The first-order chi connectivity index (χ1) is 12.0. The number of aromatic carboxylic acids is 1. The van der Waals surface area contributed by atoms with Crippen LogP contribution in [0, 0.1) is 5.92 Å². The maximum Gasteiger partial charge on any atom is 0.356 e. The summed E-state index contributed by atoms with van der Waals surface area (Å²) in [6, 6.07) is 0. The highest BCUT2D eigenvalue weighted by Gasteiger charge is 2.33. The van der Waals surface area contributed by atoms with Crippen LogP contribution in [0.3, 0.4) is 0 Å². The van der Waals surface area contributed by atoms with Crippen molar-refractivity contribution < 1.29 is 19.8 Å². The second-order valence-corrected chi connectivity index (χ2v) is 6.74. The van der Waals surface area contributed by atoms with Gasteiger partial charge in [0.1, 0.15) is 0 Å². The summed E-state index contributed by atoms with van der Waals surface area (Å²) < 4.78 is 1.57. The number of aliphatic hydroxyl groups excluding tert-OH is 1. The van der Waals surface area contributed by atoms with Crippen molar-refractivity contribution in [2.75, 3.05) is 32.8 Å². The fraction of sp³-hybridized carbons (Fsp3) is 0.706. The molecule has 2 aliphatic rings. The Morgan fingerprint density at radius 2 is 1.96 bits per heavy atom. The largest absolute Gasteiger partial charge is 0.476 e. The van der Waals surface area contributed by atoms with Gasteiger partial charge in [-0.3, -0.25) is 9.48 Å². The first kappa shape index (κ1) is 17.9. The van der Waals surface area contributed by atoms with Gasteiger partial charge in [-0.25, -0.2) is 4.79 Å². The van der Waals surface area contributed by atoms with Crippen molar-refractivity contribution in [3.05, 3.63) is 17.0 Å². The van der Waals surface area contributed by atoms with E-state index < -0.39 is 5.97 Å². The lowest BCUT2D eigenvalue weighted by molar-refractivity contribution is -0.138. The molecule has 8 nitrogen and oxygen atoms in total. The molecule has 3 rings (SSSR count). The number of rotatable bonds is 5. The average molecular weight is 350 g/mol. The molecule has 2 N–H and O–H groups in total. The third kappa shape index (κ3) is 3.55. The van der Waals surface area contributed by atoms with Crippen LogP contribution in [-0.4, -0.2) is 74.5 Å². The Morgan fingerprint density at radius 1 is 1.24 bits per heavy atom. The van der Waals surface area contributed by atoms with Crippen LogP contribution in [0.15, 0.2) is 0 Å². The standard InChI is InChI=1S/C17H26N4O4/c1-2-19-6-3-12(4-7-19)16(23)20-8-5-14-13(11-20)15(17(24)25)18-21(14)9-10-22/h12,22H,2-11H2,1H3,(H,24,25). The third-order valence-corrected chi connectivity index (χ3v) is 5.34. The highest BCUT2D eigenvalue weighted by Crippen LogP contribution is 2.26. The minimum atomic E-state index is -1.08. The predicted octanol–water partition coefficient (Wildman–Crippen LogP) is 0.190. The Bertz CT molecular complexity index is 649. The number of nitrogens with zero attached hydrogens (tertiary/aromatic N) is 4. The summed E-state index contributed by atoms with van der Waals surface area (Å²) in [5.74, 6) is -0.920. The number of carboxylic acid groups (broad SMARTS) is 1. The van der Waals surface area contributed by atoms with Crippen molar-refractivity contribution in [3.8, 4) is 0 Å². The van der Waals surface area contributed by atoms with Crippen molar-refractivity contribution in [1.82, 2.24) is 19.6 Å². The first-order valence-corrected chi connectivity index (χ1v) is 8.99. The number of hydrogen-bond acceptors (Lipinski definition) is 5. The van der Waals surface area contributed by atoms with E-state index in [1.54, 1.807) is 9.58 Å². The normalized spacial score (nSPS) is 19.0. The van der Waals surface area contributed by atoms with Crippen LogP contribution in [0.4, 0.5) is 0 Å². The summed E-state index contributed by atoms with van der Waals surface area (Å²) in [7, 11) is 0. The van der Waals surface area contributed by atoms with Gasteiger partial charge in [-0.2, -0.15) is 5.10 Å². The van der Waals surface area contributed by atoms with Crippen molar-refractivity contribution in [2.24, 2.45) is 5.92 Å². The summed E-state index contributed by atoms with van der Waals surface area (Å²) in [5, 5.41) is 22.7. The Morgan fingerprint density at radius 3 is 2.56 bits per heavy atom. The fourth-order valence-electron chi connectivity index (χ4n) is 3.88. The summed E-state index contributed by atoms with van der Waals surface area (Å²) >= 11 is 0. The molecule has 0 unspecified atom stereocenters. The van der Waals surface area contributed by atoms with Gasteiger partial charge in [0, 0.05) is 36.7 Å². The number of carbonyl (C=O) groups is 2. The van der Waals surface area contributed by atoms with Gasteiger partial charge in [0.25, 0.3) is 0 Å². The molecular weight excluding hydrogens is 324 g/mol. The Balaban J connectivity index is 1.74. The van der Waals surface area contributed by atoms with Crippen molar-refractivity contribution in [1.29, 1.82) is 0 Å². The molecule has 0 bridgehead atoms. The second kappa shape index (κ2) is 7.53. The van der Waals surface area contributed by atoms with Crippen LogP contribution >= 0.6 is 0 Å². The van der Waals surface area contributed by atoms with Crippen LogP contribution in [0.25, 0.3) is 0 Å². The maximum absolute atomic E-state index is 12.9. The summed E-state index contributed by atoms with van der Waals surface area (Å²) in [4.78, 5) is 28.5. The molecule has 8 heteroatoms. The molecule has 1 saturated heterocycles. The van der Waals surface area contributed by atoms with Gasteiger partial charge in [0.05, 0.1) is 13.2 Å². The molecule has 0 radical (unpaired) electrons. The Kier molecular flexibility index (Phi) is 5.39. The molecule has 1 fully saturated rings. The number of hydrogen-bond donors (Lipinski definition) is 2. The van der Waals surface area contributed by atoms with E-state index in [2.05, 4.69) is 16.9 Å². The van der Waals surface area contributed by atoms with Gasteiger partial charge in [-0.15, -0.1) is 0 Å². The van der Waals surface area contributed by atoms with E-state index in [0.29, 0.717) is 25.1 Å². The van der Waals surface area contributed by atoms with Crippen LogP contribution in [0.5, 0.6) is 0 Å². The topological polar surface area (TPSA) is 98.9 Å². The molecule has 0 aliphatic carbocycles. The molecule has 1 aromatic rings. The predicted molar refractivity (Wildman–Crippen MR) is 90.2 cm³/mol. The summed E-state index contributed by atoms with van der Waals surface area (Å²) in [5.41, 5.74) is 1.45. The zero-order valence-electron chi connectivity index (χ0n) is 14.6. The monoisotopic (exact) mass is 350 g/mol. The van der Waals surface area contributed by atoms with Crippen molar-refractivity contribution in [2.45, 2.75) is 39.3 Å². The smallest absolute Gasteiger partial charge is 0.356 e. The molecule has 138 valence electrons. The van der Waals surface area contributed by atoms with Gasteiger partial charge in [0.2, 0.25) is 5.91 Å². The third-order valence-electron chi connectivity index (χ3n) is 5.34. The van der Waals surface area contributed by atoms with Gasteiger partial charge in [-0.05, 0) is 32.5 Å². The van der Waals surface area contributed by atoms with Crippen molar-refractivity contribution in [3.63, 3.8) is 0 Å². The van der Waals surface area contributed by atoms with Crippen molar-refractivity contribution >= 4 is 11.9 Å². The zero-order valence-corrected chi connectivity index (χ0v) is 14.6. The number of fused-ring (bicyclic) bond motifs is 1. The molecule has 1 aromatic heterocycles. The van der Waals surface area contributed by atoms with E-state index in [4.69, 9.17) is 5.11 Å². The quantitative estimate of drug-likeness (QED) is 0.787. The lowest BCUT2D eigenvalue weighted by Crippen LogP contribution is -2.44. The van der Waals surface area contributed by atoms with Crippen LogP contribution < -0.4 is 0 Å². The molecule has 0 atom stereocenters. The number of amides is 1. The minimum Gasteiger partial charge on any atom is -0.476 e. The molecule has 1 amide bonds. The molecule has 25 heavy (non-hydrogen) atoms. The SMILES string of the molecule is CCN1CCC(C(=O)N2CCc3c(c(C(=O)O)nn3CCO)C2)CC1. The molecule has 0 spiro atoms. The number of piperidine rings is 1. The lowest BCUT2D eigenvalue weighted by atomic mass is 9.94. The van der Waals surface area contributed by atoms with E-state index in [1.807, 2.05) is 0 Å². The van der Waals surface area contributed by atoms with E-state index in [-0.39, 0.29) is 30.7 Å². The van der Waals surface area contributed by atoms with Crippen LogP contribution in [-0.2, 0) is 24.3 Å². The average Bonchev–Trinajstić information content (AvgIpc) is 3.00. The van der Waals surface area contributed by atoms with E-state index in [0.717, 1.165) is 38.2 Å². The Hall–Kier alpha value is -1.93. The van der Waals surface area contributed by atoms with Crippen LogP contribution in [0.1, 0.15) is 41.5 Å². The van der Waals surface area contributed by atoms with Gasteiger partial charge < -0.3 is 20.0 Å². The Labute approximate surface area is 147 Å². The molecule has 0 aromatic carbocycles. The molecule has 3 heterocycles.